The Morgan fingerprint density at radius 3 is 2.44 bits per heavy atom. The predicted molar refractivity (Wildman–Crippen MR) is 74.4 cm³/mol. The molecule has 0 amide bonds. The van der Waals surface area contributed by atoms with Crippen LogP contribution in [0.25, 0.3) is 6.08 Å². The fourth-order valence-electron chi connectivity index (χ4n) is 1.50. The van der Waals surface area contributed by atoms with Gasteiger partial charge in [-0.25, -0.2) is 0 Å². The van der Waals surface area contributed by atoms with Gasteiger partial charge in [-0.1, -0.05) is 47.8 Å². The van der Waals surface area contributed by atoms with Crippen LogP contribution in [0.5, 0.6) is 0 Å². The first-order valence-corrected chi connectivity index (χ1v) is 7.21. The van der Waals surface area contributed by atoms with Crippen LogP contribution in [0, 0.1) is 0 Å². The van der Waals surface area contributed by atoms with Crippen molar-refractivity contribution in [3.05, 3.63) is 37.2 Å². The Morgan fingerprint density at radius 1 is 1.12 bits per heavy atom. The molecule has 0 aliphatic carbocycles. The molecule has 0 saturated carbocycles. The van der Waals surface area contributed by atoms with Gasteiger partial charge in [0.25, 0.3) is 0 Å². The summed E-state index contributed by atoms with van der Waals surface area (Å²) in [5, 5.41) is 0. The van der Waals surface area contributed by atoms with E-state index in [-0.39, 0.29) is 6.29 Å². The quantitative estimate of drug-likeness (QED) is 0.705. The summed E-state index contributed by atoms with van der Waals surface area (Å²) in [6.07, 6.45) is 1.71. The molecule has 5 heteroatoms. The number of benzene rings is 1. The van der Waals surface area contributed by atoms with Crippen LogP contribution in [0.2, 0.25) is 0 Å². The summed E-state index contributed by atoms with van der Waals surface area (Å²) < 4.78 is 13.0. The molecule has 1 saturated heterocycles. The standard InChI is InChI=1S/C11H9Br3O2/c12-2-1-7-5-8(10(14)6-9(7)13)11-15-3-4-16-11/h1-2,5-6,11H,3-4H2/b2-1-. The number of ether oxygens (including phenoxy) is 2. The fraction of sp³-hybridized carbons (Fsp3) is 0.273. The van der Waals surface area contributed by atoms with Crippen LogP contribution in [0.3, 0.4) is 0 Å². The molecule has 86 valence electrons. The maximum Gasteiger partial charge on any atom is 0.185 e. The molecule has 0 radical (unpaired) electrons. The third-order valence-electron chi connectivity index (χ3n) is 2.23. The minimum atomic E-state index is -0.259. The predicted octanol–water partition coefficient (Wildman–Crippen LogP) is 4.62. The number of rotatable bonds is 2. The third kappa shape index (κ3) is 2.76. The zero-order chi connectivity index (χ0) is 11.5. The Bertz CT molecular complexity index is 412. The summed E-state index contributed by atoms with van der Waals surface area (Å²) in [5.74, 6) is 0. The first-order chi connectivity index (χ1) is 7.72. The maximum atomic E-state index is 5.49. The van der Waals surface area contributed by atoms with Crippen LogP contribution in [0.4, 0.5) is 0 Å². The van der Waals surface area contributed by atoms with E-state index in [9.17, 15) is 0 Å². The van der Waals surface area contributed by atoms with Gasteiger partial charge in [-0.05, 0) is 28.8 Å². The van der Waals surface area contributed by atoms with Gasteiger partial charge in [0, 0.05) is 14.5 Å². The zero-order valence-electron chi connectivity index (χ0n) is 8.25. The van der Waals surface area contributed by atoms with Crippen molar-refractivity contribution in [2.75, 3.05) is 13.2 Å². The van der Waals surface area contributed by atoms with Gasteiger partial charge in [0.05, 0.1) is 13.2 Å². The van der Waals surface area contributed by atoms with Crippen molar-refractivity contribution >= 4 is 53.9 Å². The second kappa shape index (κ2) is 5.78. The highest BCUT2D eigenvalue weighted by Crippen LogP contribution is 2.34. The van der Waals surface area contributed by atoms with E-state index in [0.29, 0.717) is 13.2 Å². The van der Waals surface area contributed by atoms with Crippen LogP contribution in [0.15, 0.2) is 26.1 Å². The summed E-state index contributed by atoms with van der Waals surface area (Å²) in [7, 11) is 0. The lowest BCUT2D eigenvalue weighted by molar-refractivity contribution is -0.0446. The van der Waals surface area contributed by atoms with E-state index >= 15 is 0 Å². The molecule has 1 heterocycles. The SMILES string of the molecule is Br/C=C\c1cc(C2OCCO2)c(Br)cc1Br. The molecule has 2 rings (SSSR count). The lowest BCUT2D eigenvalue weighted by Crippen LogP contribution is -2.00. The zero-order valence-corrected chi connectivity index (χ0v) is 13.0. The van der Waals surface area contributed by atoms with Crippen LogP contribution in [-0.2, 0) is 9.47 Å². The third-order valence-corrected chi connectivity index (χ3v) is 3.87. The Balaban J connectivity index is 2.40. The summed E-state index contributed by atoms with van der Waals surface area (Å²) in [4.78, 5) is 1.82. The summed E-state index contributed by atoms with van der Waals surface area (Å²) >= 11 is 10.3. The monoisotopic (exact) mass is 410 g/mol. The van der Waals surface area contributed by atoms with E-state index in [1.165, 1.54) is 0 Å². The van der Waals surface area contributed by atoms with Crippen molar-refractivity contribution in [1.29, 1.82) is 0 Å². The number of hydrogen-bond donors (Lipinski definition) is 0. The smallest absolute Gasteiger partial charge is 0.185 e. The molecule has 0 bridgehead atoms. The molecule has 1 aromatic rings. The first-order valence-electron chi connectivity index (χ1n) is 4.71. The molecule has 1 fully saturated rings. The highest BCUT2D eigenvalue weighted by atomic mass is 79.9. The number of halogens is 3. The van der Waals surface area contributed by atoms with Crippen molar-refractivity contribution in [3.63, 3.8) is 0 Å². The van der Waals surface area contributed by atoms with Crippen molar-refractivity contribution < 1.29 is 9.47 Å². The second-order valence-corrected chi connectivity index (χ2v) is 5.50. The van der Waals surface area contributed by atoms with Gasteiger partial charge in [0.1, 0.15) is 0 Å². The van der Waals surface area contributed by atoms with Crippen molar-refractivity contribution in [2.24, 2.45) is 0 Å². The molecule has 0 N–H and O–H groups in total. The molecule has 2 nitrogen and oxygen atoms in total. The highest BCUT2D eigenvalue weighted by molar-refractivity contribution is 9.11. The highest BCUT2D eigenvalue weighted by Gasteiger charge is 2.21. The van der Waals surface area contributed by atoms with E-state index in [1.807, 2.05) is 23.2 Å². The molecule has 1 aromatic carbocycles. The summed E-state index contributed by atoms with van der Waals surface area (Å²) in [6.45, 7) is 1.30. The van der Waals surface area contributed by atoms with Gasteiger partial charge >= 0.3 is 0 Å². The number of hydrogen-bond acceptors (Lipinski definition) is 2. The lowest BCUT2D eigenvalue weighted by atomic mass is 10.1. The van der Waals surface area contributed by atoms with Crippen LogP contribution in [-0.4, -0.2) is 13.2 Å². The van der Waals surface area contributed by atoms with Crippen LogP contribution < -0.4 is 0 Å². The van der Waals surface area contributed by atoms with E-state index in [2.05, 4.69) is 47.8 Å². The summed E-state index contributed by atoms with van der Waals surface area (Å²) in [5.41, 5.74) is 2.09. The minimum Gasteiger partial charge on any atom is -0.346 e. The second-order valence-electron chi connectivity index (χ2n) is 3.26. The average molecular weight is 413 g/mol. The van der Waals surface area contributed by atoms with Crippen LogP contribution >= 0.6 is 47.8 Å². The van der Waals surface area contributed by atoms with Gasteiger partial charge in [-0.3, -0.25) is 0 Å². The van der Waals surface area contributed by atoms with Gasteiger partial charge in [0.15, 0.2) is 6.29 Å². The Labute approximate surface area is 119 Å². The van der Waals surface area contributed by atoms with Gasteiger partial charge < -0.3 is 9.47 Å². The van der Waals surface area contributed by atoms with Gasteiger partial charge in [-0.2, -0.15) is 0 Å². The normalized spacial score (nSPS) is 17.4. The fourth-order valence-corrected chi connectivity index (χ4v) is 3.10. The topological polar surface area (TPSA) is 18.5 Å². The Kier molecular flexibility index (Phi) is 4.61. The molecule has 0 spiro atoms. The molecular formula is C11H9Br3O2. The molecule has 1 aliphatic heterocycles. The molecule has 1 aliphatic rings. The van der Waals surface area contributed by atoms with Gasteiger partial charge in [0.2, 0.25) is 0 Å². The van der Waals surface area contributed by atoms with E-state index in [0.717, 1.165) is 20.1 Å². The minimum absolute atomic E-state index is 0.259. The van der Waals surface area contributed by atoms with E-state index < -0.39 is 0 Å². The van der Waals surface area contributed by atoms with Crippen molar-refractivity contribution in [3.8, 4) is 0 Å². The van der Waals surface area contributed by atoms with Crippen molar-refractivity contribution in [1.82, 2.24) is 0 Å². The van der Waals surface area contributed by atoms with Crippen LogP contribution in [0.1, 0.15) is 17.4 Å². The molecule has 16 heavy (non-hydrogen) atoms. The largest absolute Gasteiger partial charge is 0.346 e. The average Bonchev–Trinajstić information content (AvgIpc) is 2.75. The van der Waals surface area contributed by atoms with E-state index in [4.69, 9.17) is 9.47 Å². The molecule has 0 aromatic heterocycles. The molecule has 0 atom stereocenters. The maximum absolute atomic E-state index is 5.49. The first kappa shape index (κ1) is 12.8. The molecular weight excluding hydrogens is 404 g/mol. The van der Waals surface area contributed by atoms with Gasteiger partial charge in [-0.15, -0.1) is 0 Å². The van der Waals surface area contributed by atoms with Crippen molar-refractivity contribution in [2.45, 2.75) is 6.29 Å². The molecule has 0 unspecified atom stereocenters. The summed E-state index contributed by atoms with van der Waals surface area (Å²) in [6, 6.07) is 4.05. The Morgan fingerprint density at radius 2 is 1.81 bits per heavy atom. The lowest BCUT2D eigenvalue weighted by Gasteiger charge is -2.13. The Hall–Kier alpha value is 0.320. The van der Waals surface area contributed by atoms with E-state index in [1.54, 1.807) is 0 Å².